The number of aryl methyl sites for hydroxylation is 1. The number of anilines is 1. The zero-order chi connectivity index (χ0) is 26.1. The van der Waals surface area contributed by atoms with E-state index in [0.717, 1.165) is 21.7 Å². The summed E-state index contributed by atoms with van der Waals surface area (Å²) in [4.78, 5) is 33.5. The fourth-order valence-corrected chi connectivity index (χ4v) is 6.40. The van der Waals surface area contributed by atoms with Gasteiger partial charge in [0, 0.05) is 11.3 Å². The van der Waals surface area contributed by atoms with Crippen LogP contribution >= 0.6 is 23.1 Å². The van der Waals surface area contributed by atoms with E-state index in [4.69, 9.17) is 14.5 Å². The molecule has 0 unspecified atom stereocenters. The van der Waals surface area contributed by atoms with Crippen LogP contribution in [0.1, 0.15) is 29.9 Å². The highest BCUT2D eigenvalue weighted by atomic mass is 32.2. The molecule has 0 saturated carbocycles. The van der Waals surface area contributed by atoms with E-state index in [1.807, 2.05) is 43.3 Å². The van der Waals surface area contributed by atoms with Gasteiger partial charge in [0.05, 0.1) is 42.3 Å². The number of amides is 1. The molecule has 4 aromatic rings. The standard InChI is InChI=1S/C28H29N3O4S2/c1-16(2)22-13-19-23(14-35-22)37-26-25(19)27(33)31(18-11-9-17(3)10-12-18)28(30-26)36-15-24(32)29-20-7-5-6-8-21(20)34-4/h5-12,16,22H,13-15H2,1-4H3,(H,29,32)/t22-/m1/s1. The number of carbonyl (C=O) groups excluding carboxylic acids is 1. The van der Waals surface area contributed by atoms with Gasteiger partial charge in [-0.1, -0.05) is 55.4 Å². The lowest BCUT2D eigenvalue weighted by Gasteiger charge is -2.26. The summed E-state index contributed by atoms with van der Waals surface area (Å²) >= 11 is 2.75. The first kappa shape index (κ1) is 25.5. The van der Waals surface area contributed by atoms with Crippen LogP contribution in [0.15, 0.2) is 58.5 Å². The van der Waals surface area contributed by atoms with Crippen LogP contribution in [-0.2, 0) is 22.6 Å². The lowest BCUT2D eigenvalue weighted by Crippen LogP contribution is -2.28. The summed E-state index contributed by atoms with van der Waals surface area (Å²) in [6.45, 7) is 6.77. The first-order valence-electron chi connectivity index (χ1n) is 12.2. The lowest BCUT2D eigenvalue weighted by molar-refractivity contribution is -0.113. The van der Waals surface area contributed by atoms with Crippen molar-refractivity contribution in [2.24, 2.45) is 5.92 Å². The Morgan fingerprint density at radius 3 is 2.73 bits per heavy atom. The summed E-state index contributed by atoms with van der Waals surface area (Å²) in [5.74, 6) is 0.818. The third-order valence-electron chi connectivity index (χ3n) is 6.46. The first-order valence-corrected chi connectivity index (χ1v) is 14.0. The van der Waals surface area contributed by atoms with Gasteiger partial charge in [0.2, 0.25) is 5.91 Å². The largest absolute Gasteiger partial charge is 0.495 e. The van der Waals surface area contributed by atoms with E-state index in [-0.39, 0.29) is 23.3 Å². The van der Waals surface area contributed by atoms with Crippen molar-refractivity contribution >= 4 is 44.9 Å². The number of thiophene rings is 1. The lowest BCUT2D eigenvalue weighted by atomic mass is 9.96. The van der Waals surface area contributed by atoms with Gasteiger partial charge >= 0.3 is 0 Å². The Labute approximate surface area is 223 Å². The number of fused-ring (bicyclic) bond motifs is 3. The van der Waals surface area contributed by atoms with E-state index in [1.54, 1.807) is 23.8 Å². The maximum Gasteiger partial charge on any atom is 0.267 e. The minimum atomic E-state index is -0.210. The van der Waals surface area contributed by atoms with E-state index in [1.165, 1.54) is 23.1 Å². The van der Waals surface area contributed by atoms with Gasteiger partial charge in [0.25, 0.3) is 5.56 Å². The molecular formula is C28H29N3O4S2. The molecule has 9 heteroatoms. The Bertz CT molecular complexity index is 1510. The molecule has 1 amide bonds. The van der Waals surface area contributed by atoms with Crippen molar-refractivity contribution in [1.82, 2.24) is 9.55 Å². The molecule has 0 radical (unpaired) electrons. The number of carbonyl (C=O) groups is 1. The van der Waals surface area contributed by atoms with Gasteiger partial charge in [-0.25, -0.2) is 4.98 Å². The molecular weight excluding hydrogens is 506 g/mol. The molecule has 3 heterocycles. The quantitative estimate of drug-likeness (QED) is 0.245. The second kappa shape index (κ2) is 10.7. The molecule has 0 spiro atoms. The van der Waals surface area contributed by atoms with Gasteiger partial charge in [-0.05, 0) is 42.7 Å². The molecule has 1 N–H and O–H groups in total. The van der Waals surface area contributed by atoms with E-state index in [9.17, 15) is 9.59 Å². The molecule has 7 nitrogen and oxygen atoms in total. The van der Waals surface area contributed by atoms with Crippen LogP contribution in [0.25, 0.3) is 15.9 Å². The number of ether oxygens (including phenoxy) is 2. The highest BCUT2D eigenvalue weighted by Gasteiger charge is 2.29. The summed E-state index contributed by atoms with van der Waals surface area (Å²) in [6, 6.07) is 15.0. The third kappa shape index (κ3) is 5.16. The Kier molecular flexibility index (Phi) is 7.37. The molecule has 1 aliphatic heterocycles. The van der Waals surface area contributed by atoms with Gasteiger partial charge in [-0.15, -0.1) is 11.3 Å². The van der Waals surface area contributed by atoms with Crippen molar-refractivity contribution in [3.63, 3.8) is 0 Å². The number of hydrogen-bond donors (Lipinski definition) is 1. The van der Waals surface area contributed by atoms with Gasteiger partial charge in [0.15, 0.2) is 5.16 Å². The predicted octanol–water partition coefficient (Wildman–Crippen LogP) is 5.59. The maximum atomic E-state index is 14.0. The smallest absolute Gasteiger partial charge is 0.267 e. The topological polar surface area (TPSA) is 82.5 Å². The maximum absolute atomic E-state index is 14.0. The molecule has 0 fully saturated rings. The highest BCUT2D eigenvalue weighted by molar-refractivity contribution is 7.99. The molecule has 37 heavy (non-hydrogen) atoms. The van der Waals surface area contributed by atoms with E-state index in [2.05, 4.69) is 19.2 Å². The molecule has 0 saturated heterocycles. The van der Waals surface area contributed by atoms with Crippen molar-refractivity contribution in [2.75, 3.05) is 18.2 Å². The number of benzene rings is 2. The number of methoxy groups -OCH3 is 1. The molecule has 192 valence electrons. The van der Waals surface area contributed by atoms with E-state index >= 15 is 0 Å². The minimum Gasteiger partial charge on any atom is -0.495 e. The second-order valence-electron chi connectivity index (χ2n) is 9.39. The number of thioether (sulfide) groups is 1. The molecule has 0 aliphatic carbocycles. The number of para-hydroxylation sites is 2. The Morgan fingerprint density at radius 1 is 1.24 bits per heavy atom. The molecule has 1 atom stereocenters. The average molecular weight is 536 g/mol. The Balaban J connectivity index is 1.52. The molecule has 0 bridgehead atoms. The van der Waals surface area contributed by atoms with Gasteiger partial charge in [0.1, 0.15) is 10.6 Å². The summed E-state index contributed by atoms with van der Waals surface area (Å²) in [5.41, 5.74) is 3.36. The van der Waals surface area contributed by atoms with Crippen LogP contribution in [0.3, 0.4) is 0 Å². The minimum absolute atomic E-state index is 0.0743. The third-order valence-corrected chi connectivity index (χ3v) is 8.50. The van der Waals surface area contributed by atoms with Crippen molar-refractivity contribution in [3.05, 3.63) is 74.9 Å². The van der Waals surface area contributed by atoms with Gasteiger partial charge < -0.3 is 14.8 Å². The summed E-state index contributed by atoms with van der Waals surface area (Å²) < 4.78 is 13.0. The number of nitrogens with zero attached hydrogens (tertiary/aromatic N) is 2. The normalized spacial score (nSPS) is 15.1. The van der Waals surface area contributed by atoms with Gasteiger partial charge in [-0.2, -0.15) is 0 Å². The fraction of sp³-hybridized carbons (Fsp3) is 0.321. The van der Waals surface area contributed by atoms with Crippen molar-refractivity contribution < 1.29 is 14.3 Å². The van der Waals surface area contributed by atoms with E-state index < -0.39 is 0 Å². The SMILES string of the molecule is COc1ccccc1NC(=O)CSc1nc2sc3c(c2c(=O)n1-c1ccc(C)cc1)C[C@H](C(C)C)OC3. The Morgan fingerprint density at radius 2 is 2.00 bits per heavy atom. The second-order valence-corrected chi connectivity index (χ2v) is 11.4. The van der Waals surface area contributed by atoms with Crippen LogP contribution < -0.4 is 15.6 Å². The molecule has 2 aromatic carbocycles. The zero-order valence-corrected chi connectivity index (χ0v) is 22.9. The zero-order valence-electron chi connectivity index (χ0n) is 21.2. The van der Waals surface area contributed by atoms with Gasteiger partial charge in [-0.3, -0.25) is 14.2 Å². The Hall–Kier alpha value is -3.14. The fourth-order valence-electron chi connectivity index (χ4n) is 4.42. The number of hydrogen-bond acceptors (Lipinski definition) is 7. The molecule has 5 rings (SSSR count). The van der Waals surface area contributed by atoms with Crippen LogP contribution in [-0.4, -0.2) is 34.4 Å². The van der Waals surface area contributed by atoms with Crippen LogP contribution in [0, 0.1) is 12.8 Å². The number of nitrogens with one attached hydrogen (secondary N) is 1. The first-order chi connectivity index (χ1) is 17.9. The van der Waals surface area contributed by atoms with E-state index in [0.29, 0.717) is 45.8 Å². The number of aromatic nitrogens is 2. The highest BCUT2D eigenvalue weighted by Crippen LogP contribution is 2.36. The predicted molar refractivity (Wildman–Crippen MR) is 149 cm³/mol. The summed E-state index contributed by atoms with van der Waals surface area (Å²) in [6.07, 6.45) is 0.774. The van der Waals surface area contributed by atoms with Crippen molar-refractivity contribution in [3.8, 4) is 11.4 Å². The average Bonchev–Trinajstić information content (AvgIpc) is 3.26. The van der Waals surface area contributed by atoms with Crippen LogP contribution in [0.5, 0.6) is 5.75 Å². The monoisotopic (exact) mass is 535 g/mol. The molecule has 2 aromatic heterocycles. The summed E-state index contributed by atoms with van der Waals surface area (Å²) in [5, 5.41) is 4.04. The van der Waals surface area contributed by atoms with Crippen LogP contribution in [0.2, 0.25) is 0 Å². The van der Waals surface area contributed by atoms with Crippen molar-refractivity contribution in [2.45, 2.75) is 45.1 Å². The van der Waals surface area contributed by atoms with Crippen LogP contribution in [0.4, 0.5) is 5.69 Å². The van der Waals surface area contributed by atoms with Crippen molar-refractivity contribution in [1.29, 1.82) is 0 Å². The summed E-state index contributed by atoms with van der Waals surface area (Å²) in [7, 11) is 1.56. The number of rotatable bonds is 7. The molecule has 1 aliphatic rings.